The highest BCUT2D eigenvalue weighted by Gasteiger charge is 2.23. The Labute approximate surface area is 131 Å². The minimum absolute atomic E-state index is 0.429. The highest BCUT2D eigenvalue weighted by molar-refractivity contribution is 5.88. The molecule has 0 heteroatoms. The summed E-state index contributed by atoms with van der Waals surface area (Å²) in [5.41, 5.74) is 6.94. The average molecular weight is 282 g/mol. The second-order valence-electron chi connectivity index (χ2n) is 5.83. The fourth-order valence-corrected chi connectivity index (χ4v) is 3.36. The van der Waals surface area contributed by atoms with Gasteiger partial charge in [0.2, 0.25) is 0 Å². The molecule has 0 amide bonds. The predicted molar refractivity (Wildman–Crippen MR) is 93.6 cm³/mol. The largest absolute Gasteiger partial charge is 0.0622 e. The van der Waals surface area contributed by atoms with Crippen molar-refractivity contribution >= 4 is 11.6 Å². The smallest absolute Gasteiger partial charge is 0.0136 e. The summed E-state index contributed by atoms with van der Waals surface area (Å²) in [4.78, 5) is 0. The Bertz CT molecular complexity index is 798. The van der Waals surface area contributed by atoms with Gasteiger partial charge in [0.1, 0.15) is 0 Å². The van der Waals surface area contributed by atoms with Gasteiger partial charge in [0, 0.05) is 5.92 Å². The van der Waals surface area contributed by atoms with Crippen LogP contribution in [0.1, 0.15) is 28.2 Å². The van der Waals surface area contributed by atoms with Crippen molar-refractivity contribution in [2.45, 2.75) is 12.3 Å². The molecule has 0 bridgehead atoms. The van der Waals surface area contributed by atoms with Crippen LogP contribution in [0.5, 0.6) is 0 Å². The van der Waals surface area contributed by atoms with Crippen LogP contribution >= 0.6 is 0 Å². The standard InChI is InChI=1S/C22H18/c1-3-9-17(10-4-1)21-15-19-13-7-8-14-20(19)16-22(21)18-11-5-2-6-12-18/h1-15,22H,16H2. The molecule has 0 aromatic heterocycles. The van der Waals surface area contributed by atoms with E-state index >= 15 is 0 Å². The van der Waals surface area contributed by atoms with Crippen molar-refractivity contribution in [1.29, 1.82) is 0 Å². The van der Waals surface area contributed by atoms with E-state index in [1.165, 1.54) is 27.8 Å². The van der Waals surface area contributed by atoms with Crippen LogP contribution in [0.4, 0.5) is 0 Å². The molecular formula is C22H18. The zero-order valence-corrected chi connectivity index (χ0v) is 12.4. The molecule has 0 spiro atoms. The molecule has 1 aliphatic rings. The maximum absolute atomic E-state index is 2.37. The molecule has 0 N–H and O–H groups in total. The van der Waals surface area contributed by atoms with Gasteiger partial charge >= 0.3 is 0 Å². The third kappa shape index (κ3) is 2.37. The van der Waals surface area contributed by atoms with Crippen LogP contribution < -0.4 is 0 Å². The lowest BCUT2D eigenvalue weighted by Crippen LogP contribution is -2.11. The molecule has 0 nitrogen and oxygen atoms in total. The van der Waals surface area contributed by atoms with Gasteiger partial charge in [-0.15, -0.1) is 0 Å². The van der Waals surface area contributed by atoms with Crippen LogP contribution in [-0.4, -0.2) is 0 Å². The maximum Gasteiger partial charge on any atom is 0.0136 e. The van der Waals surface area contributed by atoms with Crippen molar-refractivity contribution in [2.24, 2.45) is 0 Å². The van der Waals surface area contributed by atoms with Crippen molar-refractivity contribution in [3.05, 3.63) is 107 Å². The van der Waals surface area contributed by atoms with Crippen molar-refractivity contribution in [3.63, 3.8) is 0 Å². The maximum atomic E-state index is 2.37. The van der Waals surface area contributed by atoms with Crippen LogP contribution in [0.15, 0.2) is 84.9 Å². The summed E-state index contributed by atoms with van der Waals surface area (Å²) in [7, 11) is 0. The SMILES string of the molecule is C1=C(c2ccccc2)C(c2ccccc2)Cc2ccccc21. The molecule has 0 saturated carbocycles. The third-order valence-corrected chi connectivity index (χ3v) is 4.47. The van der Waals surface area contributed by atoms with E-state index in [-0.39, 0.29) is 0 Å². The minimum Gasteiger partial charge on any atom is -0.0622 e. The van der Waals surface area contributed by atoms with Gasteiger partial charge in [-0.1, -0.05) is 91.0 Å². The summed E-state index contributed by atoms with van der Waals surface area (Å²) >= 11 is 0. The molecule has 0 radical (unpaired) electrons. The van der Waals surface area contributed by atoms with Crippen LogP contribution in [-0.2, 0) is 6.42 Å². The van der Waals surface area contributed by atoms with Gasteiger partial charge in [-0.3, -0.25) is 0 Å². The fourth-order valence-electron chi connectivity index (χ4n) is 3.36. The molecule has 1 unspecified atom stereocenters. The molecular weight excluding hydrogens is 264 g/mol. The number of fused-ring (bicyclic) bond motifs is 1. The Morgan fingerprint density at radius 2 is 1.27 bits per heavy atom. The summed E-state index contributed by atoms with van der Waals surface area (Å²) in [5.74, 6) is 0.429. The molecule has 22 heavy (non-hydrogen) atoms. The molecule has 106 valence electrons. The molecule has 3 aromatic carbocycles. The zero-order chi connectivity index (χ0) is 14.8. The summed E-state index contributed by atoms with van der Waals surface area (Å²) in [6, 6.07) is 30.4. The lowest BCUT2D eigenvalue weighted by Gasteiger charge is -2.27. The topological polar surface area (TPSA) is 0 Å². The molecule has 1 aliphatic carbocycles. The highest BCUT2D eigenvalue weighted by Crippen LogP contribution is 2.40. The van der Waals surface area contributed by atoms with Crippen molar-refractivity contribution < 1.29 is 0 Å². The summed E-state index contributed by atoms with van der Waals surface area (Å²) in [6.07, 6.45) is 3.44. The molecule has 0 fully saturated rings. The predicted octanol–water partition coefficient (Wildman–Crippen LogP) is 5.57. The Hall–Kier alpha value is -2.60. The number of allylic oxidation sites excluding steroid dienone is 1. The highest BCUT2D eigenvalue weighted by atomic mass is 14.3. The summed E-state index contributed by atoms with van der Waals surface area (Å²) in [5, 5.41) is 0. The average Bonchev–Trinajstić information content (AvgIpc) is 2.62. The van der Waals surface area contributed by atoms with E-state index < -0.39 is 0 Å². The Morgan fingerprint density at radius 3 is 2.05 bits per heavy atom. The van der Waals surface area contributed by atoms with Crippen LogP contribution in [0, 0.1) is 0 Å². The van der Waals surface area contributed by atoms with Gasteiger partial charge in [-0.05, 0) is 34.2 Å². The van der Waals surface area contributed by atoms with Crippen LogP contribution in [0.25, 0.3) is 11.6 Å². The molecule has 0 aliphatic heterocycles. The van der Waals surface area contributed by atoms with Crippen LogP contribution in [0.2, 0.25) is 0 Å². The van der Waals surface area contributed by atoms with E-state index in [2.05, 4.69) is 91.0 Å². The first kappa shape index (κ1) is 13.1. The van der Waals surface area contributed by atoms with Crippen LogP contribution in [0.3, 0.4) is 0 Å². The number of hydrogen-bond donors (Lipinski definition) is 0. The number of rotatable bonds is 2. The van der Waals surface area contributed by atoms with E-state index in [4.69, 9.17) is 0 Å². The van der Waals surface area contributed by atoms with E-state index in [1.807, 2.05) is 0 Å². The minimum atomic E-state index is 0.429. The second-order valence-corrected chi connectivity index (χ2v) is 5.83. The first-order valence-electron chi connectivity index (χ1n) is 7.82. The third-order valence-electron chi connectivity index (χ3n) is 4.47. The Kier molecular flexibility index (Phi) is 3.36. The molecule has 0 heterocycles. The van der Waals surface area contributed by atoms with E-state index in [1.54, 1.807) is 0 Å². The van der Waals surface area contributed by atoms with Gasteiger partial charge in [0.25, 0.3) is 0 Å². The van der Waals surface area contributed by atoms with Gasteiger partial charge in [0.05, 0.1) is 0 Å². The normalized spacial score (nSPS) is 16.7. The van der Waals surface area contributed by atoms with Crippen molar-refractivity contribution in [3.8, 4) is 0 Å². The lowest BCUT2D eigenvalue weighted by molar-refractivity contribution is 0.845. The molecule has 1 atom stereocenters. The van der Waals surface area contributed by atoms with Crippen molar-refractivity contribution in [1.82, 2.24) is 0 Å². The van der Waals surface area contributed by atoms with Gasteiger partial charge in [-0.2, -0.15) is 0 Å². The fraction of sp³-hybridized carbons (Fsp3) is 0.0909. The summed E-state index contributed by atoms with van der Waals surface area (Å²) in [6.45, 7) is 0. The monoisotopic (exact) mass is 282 g/mol. The second kappa shape index (κ2) is 5.65. The Balaban J connectivity index is 1.87. The number of hydrogen-bond acceptors (Lipinski definition) is 0. The van der Waals surface area contributed by atoms with Gasteiger partial charge in [-0.25, -0.2) is 0 Å². The van der Waals surface area contributed by atoms with Gasteiger partial charge in [0.15, 0.2) is 0 Å². The van der Waals surface area contributed by atoms with Crippen molar-refractivity contribution in [2.75, 3.05) is 0 Å². The summed E-state index contributed by atoms with van der Waals surface area (Å²) < 4.78 is 0. The molecule has 4 rings (SSSR count). The van der Waals surface area contributed by atoms with E-state index in [0.29, 0.717) is 5.92 Å². The molecule has 3 aromatic rings. The zero-order valence-electron chi connectivity index (χ0n) is 12.4. The van der Waals surface area contributed by atoms with Gasteiger partial charge < -0.3 is 0 Å². The van der Waals surface area contributed by atoms with E-state index in [9.17, 15) is 0 Å². The quantitative estimate of drug-likeness (QED) is 0.576. The van der Waals surface area contributed by atoms with E-state index in [0.717, 1.165) is 6.42 Å². The first-order valence-corrected chi connectivity index (χ1v) is 7.82. The first-order chi connectivity index (χ1) is 10.9. The molecule has 0 saturated heterocycles. The Morgan fingerprint density at radius 1 is 0.636 bits per heavy atom. The lowest BCUT2D eigenvalue weighted by atomic mass is 9.77. The number of benzene rings is 3.